The number of nitrogens with one attached hydrogen (secondary N) is 2. The predicted molar refractivity (Wildman–Crippen MR) is 82.7 cm³/mol. The van der Waals surface area contributed by atoms with Crippen molar-refractivity contribution < 1.29 is 14.3 Å². The summed E-state index contributed by atoms with van der Waals surface area (Å²) in [5, 5.41) is 4.67. The number of benzene rings is 1. The summed E-state index contributed by atoms with van der Waals surface area (Å²) in [5.41, 5.74) is 2.29. The fourth-order valence-corrected chi connectivity index (χ4v) is 1.61. The SMILES string of the molecule is Cc1ccc(OCC(=O)NCCNC(=O)C(C)Cl)cc1C. The lowest BCUT2D eigenvalue weighted by atomic mass is 10.1. The largest absolute Gasteiger partial charge is 0.484 e. The molecule has 0 aliphatic heterocycles. The maximum atomic E-state index is 11.6. The zero-order valence-electron chi connectivity index (χ0n) is 12.5. The summed E-state index contributed by atoms with van der Waals surface area (Å²) in [6, 6.07) is 5.67. The number of aryl methyl sites for hydroxylation is 2. The van der Waals surface area contributed by atoms with Gasteiger partial charge in [-0.1, -0.05) is 6.07 Å². The first-order chi connectivity index (χ1) is 9.90. The van der Waals surface area contributed by atoms with E-state index in [-0.39, 0.29) is 18.4 Å². The van der Waals surface area contributed by atoms with Crippen molar-refractivity contribution in [3.8, 4) is 5.75 Å². The summed E-state index contributed by atoms with van der Waals surface area (Å²) in [7, 11) is 0. The maximum Gasteiger partial charge on any atom is 0.258 e. The van der Waals surface area contributed by atoms with E-state index >= 15 is 0 Å². The van der Waals surface area contributed by atoms with Crippen molar-refractivity contribution >= 4 is 23.4 Å². The minimum Gasteiger partial charge on any atom is -0.484 e. The molecular weight excluding hydrogens is 292 g/mol. The van der Waals surface area contributed by atoms with Gasteiger partial charge in [-0.2, -0.15) is 0 Å². The number of carbonyl (C=O) groups excluding carboxylic acids is 2. The molecule has 0 aliphatic carbocycles. The fourth-order valence-electron chi connectivity index (χ4n) is 1.53. The second-order valence-electron chi connectivity index (χ2n) is 4.79. The van der Waals surface area contributed by atoms with Crippen LogP contribution in [0.5, 0.6) is 5.75 Å². The van der Waals surface area contributed by atoms with Crippen LogP contribution in [0.2, 0.25) is 0 Å². The molecule has 0 saturated carbocycles. The Morgan fingerprint density at radius 1 is 1.19 bits per heavy atom. The van der Waals surface area contributed by atoms with Crippen LogP contribution in [0, 0.1) is 13.8 Å². The minimum absolute atomic E-state index is 0.0532. The molecule has 0 spiro atoms. The summed E-state index contributed by atoms with van der Waals surface area (Å²) in [5.74, 6) is 0.177. The van der Waals surface area contributed by atoms with E-state index in [0.29, 0.717) is 18.8 Å². The molecule has 0 fully saturated rings. The first-order valence-corrected chi connectivity index (χ1v) is 7.22. The lowest BCUT2D eigenvalue weighted by Gasteiger charge is -2.10. The van der Waals surface area contributed by atoms with Gasteiger partial charge in [-0.25, -0.2) is 0 Å². The molecule has 0 bridgehead atoms. The number of hydrogen-bond acceptors (Lipinski definition) is 3. The highest BCUT2D eigenvalue weighted by Gasteiger charge is 2.08. The molecule has 0 radical (unpaired) electrons. The smallest absolute Gasteiger partial charge is 0.258 e. The molecule has 2 N–H and O–H groups in total. The van der Waals surface area contributed by atoms with E-state index in [2.05, 4.69) is 10.6 Å². The van der Waals surface area contributed by atoms with E-state index < -0.39 is 5.38 Å². The van der Waals surface area contributed by atoms with Gasteiger partial charge >= 0.3 is 0 Å². The molecule has 116 valence electrons. The van der Waals surface area contributed by atoms with Crippen LogP contribution in [0.25, 0.3) is 0 Å². The van der Waals surface area contributed by atoms with Gasteiger partial charge < -0.3 is 15.4 Å². The first-order valence-electron chi connectivity index (χ1n) is 6.78. The van der Waals surface area contributed by atoms with E-state index in [4.69, 9.17) is 16.3 Å². The summed E-state index contributed by atoms with van der Waals surface area (Å²) < 4.78 is 5.40. The average Bonchev–Trinajstić information content (AvgIpc) is 2.44. The van der Waals surface area contributed by atoms with E-state index in [1.54, 1.807) is 6.92 Å². The number of ether oxygens (including phenoxy) is 1. The fraction of sp³-hybridized carbons (Fsp3) is 0.467. The lowest BCUT2D eigenvalue weighted by molar-refractivity contribution is -0.124. The third-order valence-corrected chi connectivity index (χ3v) is 3.15. The van der Waals surface area contributed by atoms with Crippen LogP contribution in [-0.4, -0.2) is 36.9 Å². The molecule has 1 rings (SSSR count). The quantitative estimate of drug-likeness (QED) is 0.593. The highest BCUT2D eigenvalue weighted by Crippen LogP contribution is 2.16. The monoisotopic (exact) mass is 312 g/mol. The Balaban J connectivity index is 2.22. The van der Waals surface area contributed by atoms with Crippen LogP contribution in [0.4, 0.5) is 0 Å². The van der Waals surface area contributed by atoms with Crippen molar-refractivity contribution in [3.63, 3.8) is 0 Å². The van der Waals surface area contributed by atoms with Crippen LogP contribution in [0.1, 0.15) is 18.1 Å². The lowest BCUT2D eigenvalue weighted by Crippen LogP contribution is -2.38. The van der Waals surface area contributed by atoms with Gasteiger partial charge in [0.2, 0.25) is 5.91 Å². The molecule has 1 aromatic carbocycles. The molecule has 6 heteroatoms. The molecule has 1 unspecified atom stereocenters. The summed E-state index contributed by atoms with van der Waals surface area (Å²) >= 11 is 5.59. The van der Waals surface area contributed by atoms with Gasteiger partial charge in [0, 0.05) is 13.1 Å². The number of amides is 2. The molecule has 1 atom stereocenters. The number of hydrogen-bond donors (Lipinski definition) is 2. The maximum absolute atomic E-state index is 11.6. The number of carbonyl (C=O) groups is 2. The van der Waals surface area contributed by atoms with Crippen LogP contribution in [0.3, 0.4) is 0 Å². The van der Waals surface area contributed by atoms with Crippen molar-refractivity contribution in [1.82, 2.24) is 10.6 Å². The van der Waals surface area contributed by atoms with Crippen molar-refractivity contribution in [2.45, 2.75) is 26.1 Å². The van der Waals surface area contributed by atoms with Crippen molar-refractivity contribution in [1.29, 1.82) is 0 Å². The highest BCUT2D eigenvalue weighted by molar-refractivity contribution is 6.30. The molecule has 0 aromatic heterocycles. The van der Waals surface area contributed by atoms with Crippen LogP contribution in [-0.2, 0) is 9.59 Å². The van der Waals surface area contributed by atoms with E-state index in [1.165, 1.54) is 5.56 Å². The number of rotatable bonds is 7. The van der Waals surface area contributed by atoms with E-state index in [1.807, 2.05) is 32.0 Å². The van der Waals surface area contributed by atoms with Crippen molar-refractivity contribution in [3.05, 3.63) is 29.3 Å². The van der Waals surface area contributed by atoms with E-state index in [0.717, 1.165) is 5.56 Å². The zero-order chi connectivity index (χ0) is 15.8. The van der Waals surface area contributed by atoms with E-state index in [9.17, 15) is 9.59 Å². The zero-order valence-corrected chi connectivity index (χ0v) is 13.3. The van der Waals surface area contributed by atoms with Crippen LogP contribution >= 0.6 is 11.6 Å². The molecule has 21 heavy (non-hydrogen) atoms. The molecule has 0 saturated heterocycles. The number of alkyl halides is 1. The first kappa shape index (κ1) is 17.3. The summed E-state index contributed by atoms with van der Waals surface area (Å²) in [6.07, 6.45) is 0. The molecule has 1 aromatic rings. The molecule has 5 nitrogen and oxygen atoms in total. The average molecular weight is 313 g/mol. The minimum atomic E-state index is -0.575. The van der Waals surface area contributed by atoms with Gasteiger partial charge in [0.15, 0.2) is 6.61 Å². The highest BCUT2D eigenvalue weighted by atomic mass is 35.5. The second kappa shape index (κ2) is 8.52. The predicted octanol–water partition coefficient (Wildman–Crippen LogP) is 1.54. The Bertz CT molecular complexity index is 504. The normalized spacial score (nSPS) is 11.6. The Morgan fingerprint density at radius 2 is 1.86 bits per heavy atom. The Kier molecular flexibility index (Phi) is 7.02. The molecule has 0 heterocycles. The van der Waals surface area contributed by atoms with Gasteiger partial charge in [-0.3, -0.25) is 9.59 Å². The summed E-state index contributed by atoms with van der Waals surface area (Å²) in [6.45, 7) is 6.22. The Hall–Kier alpha value is -1.75. The van der Waals surface area contributed by atoms with Crippen molar-refractivity contribution in [2.75, 3.05) is 19.7 Å². The van der Waals surface area contributed by atoms with Gasteiger partial charge in [0.25, 0.3) is 5.91 Å². The van der Waals surface area contributed by atoms with Gasteiger partial charge in [-0.05, 0) is 44.0 Å². The van der Waals surface area contributed by atoms with Gasteiger partial charge in [0.05, 0.1) is 0 Å². The topological polar surface area (TPSA) is 67.4 Å². The molecular formula is C15H21ClN2O3. The second-order valence-corrected chi connectivity index (χ2v) is 5.45. The number of halogens is 1. The van der Waals surface area contributed by atoms with Gasteiger partial charge in [0.1, 0.15) is 11.1 Å². The third-order valence-electron chi connectivity index (χ3n) is 2.96. The van der Waals surface area contributed by atoms with Gasteiger partial charge in [-0.15, -0.1) is 11.6 Å². The molecule has 2 amide bonds. The summed E-state index contributed by atoms with van der Waals surface area (Å²) in [4.78, 5) is 22.7. The standard InChI is InChI=1S/C15H21ClN2O3/c1-10-4-5-13(8-11(10)2)21-9-14(19)17-6-7-18-15(20)12(3)16/h4-5,8,12H,6-7,9H2,1-3H3,(H,17,19)(H,18,20). The van der Waals surface area contributed by atoms with Crippen molar-refractivity contribution in [2.24, 2.45) is 0 Å². The van der Waals surface area contributed by atoms with Crippen LogP contribution in [0.15, 0.2) is 18.2 Å². The Labute approximate surface area is 130 Å². The third kappa shape index (κ3) is 6.49. The molecule has 0 aliphatic rings. The van der Waals surface area contributed by atoms with Crippen LogP contribution < -0.4 is 15.4 Å². The Morgan fingerprint density at radius 3 is 2.48 bits per heavy atom.